The predicted molar refractivity (Wildman–Crippen MR) is 48.9 cm³/mol. The zero-order valence-corrected chi connectivity index (χ0v) is 8.09. The summed E-state index contributed by atoms with van der Waals surface area (Å²) in [6.07, 6.45) is 2.09. The van der Waals surface area contributed by atoms with Crippen molar-refractivity contribution in [1.82, 2.24) is 9.97 Å². The molecule has 0 spiro atoms. The van der Waals surface area contributed by atoms with E-state index >= 15 is 0 Å². The molecule has 13 heavy (non-hydrogen) atoms. The van der Waals surface area contributed by atoms with Gasteiger partial charge in [-0.2, -0.15) is 4.99 Å². The zero-order chi connectivity index (χ0) is 9.84. The first-order valence-electron chi connectivity index (χ1n) is 3.80. The Bertz CT molecular complexity index is 372. The molecule has 0 unspecified atom stereocenters. The van der Waals surface area contributed by atoms with Gasteiger partial charge in [0.1, 0.15) is 11.5 Å². The molecular formula is C8H8ClN3O. The minimum absolute atomic E-state index is 0.202. The van der Waals surface area contributed by atoms with Gasteiger partial charge in [0.2, 0.25) is 6.08 Å². The molecule has 0 atom stereocenters. The molecule has 1 heterocycles. The molecule has 1 rings (SSSR count). The first kappa shape index (κ1) is 9.84. The van der Waals surface area contributed by atoms with E-state index in [-0.39, 0.29) is 5.15 Å². The Morgan fingerprint density at radius 3 is 2.77 bits per heavy atom. The van der Waals surface area contributed by atoms with E-state index in [9.17, 15) is 4.79 Å². The van der Waals surface area contributed by atoms with Crippen LogP contribution >= 0.6 is 11.6 Å². The lowest BCUT2D eigenvalue weighted by Gasteiger charge is -2.02. The van der Waals surface area contributed by atoms with Gasteiger partial charge in [-0.1, -0.05) is 18.5 Å². The molecule has 0 aliphatic heterocycles. The monoisotopic (exact) mass is 197 g/mol. The van der Waals surface area contributed by atoms with Crippen molar-refractivity contribution in [1.29, 1.82) is 0 Å². The van der Waals surface area contributed by atoms with Gasteiger partial charge in [0, 0.05) is 0 Å². The second kappa shape index (κ2) is 4.12. The quantitative estimate of drug-likeness (QED) is 0.414. The number of hydrogen-bond acceptors (Lipinski definition) is 4. The van der Waals surface area contributed by atoms with Crippen LogP contribution in [-0.4, -0.2) is 16.0 Å². The van der Waals surface area contributed by atoms with Crippen LogP contribution in [-0.2, 0) is 11.2 Å². The molecule has 0 fully saturated rings. The second-order valence-electron chi connectivity index (χ2n) is 2.41. The fourth-order valence-electron chi connectivity index (χ4n) is 0.990. The average molecular weight is 198 g/mol. The number of aryl methyl sites for hydroxylation is 2. The number of carbonyl (C=O) groups excluding carboxylic acids is 1. The lowest BCUT2D eigenvalue weighted by Crippen LogP contribution is -1.95. The summed E-state index contributed by atoms with van der Waals surface area (Å²) in [7, 11) is 0. The standard InChI is InChI=1S/C8H8ClN3O/c1-3-6-7(10-4-13)8(9)12-5(2)11-6/h3H2,1-2H3. The van der Waals surface area contributed by atoms with Crippen LogP contribution in [0.1, 0.15) is 18.4 Å². The van der Waals surface area contributed by atoms with Crippen molar-refractivity contribution in [2.45, 2.75) is 20.3 Å². The lowest BCUT2D eigenvalue weighted by atomic mass is 10.3. The van der Waals surface area contributed by atoms with E-state index in [0.29, 0.717) is 23.6 Å². The van der Waals surface area contributed by atoms with Gasteiger partial charge < -0.3 is 0 Å². The fraction of sp³-hybridized carbons (Fsp3) is 0.375. The van der Waals surface area contributed by atoms with E-state index in [4.69, 9.17) is 11.6 Å². The van der Waals surface area contributed by atoms with Crippen molar-refractivity contribution in [3.63, 3.8) is 0 Å². The minimum Gasteiger partial charge on any atom is -0.236 e. The molecule has 0 radical (unpaired) electrons. The Balaban J connectivity index is 3.37. The summed E-state index contributed by atoms with van der Waals surface area (Å²) in [4.78, 5) is 21.5. The topological polar surface area (TPSA) is 55.2 Å². The van der Waals surface area contributed by atoms with Gasteiger partial charge in [-0.3, -0.25) is 0 Å². The van der Waals surface area contributed by atoms with Crippen molar-refractivity contribution in [3.8, 4) is 0 Å². The van der Waals surface area contributed by atoms with E-state index in [1.165, 1.54) is 6.08 Å². The van der Waals surface area contributed by atoms with E-state index in [2.05, 4.69) is 15.0 Å². The Morgan fingerprint density at radius 1 is 1.54 bits per heavy atom. The Hall–Kier alpha value is -1.25. The molecule has 4 nitrogen and oxygen atoms in total. The molecule has 1 aromatic heterocycles. The average Bonchev–Trinajstić information content (AvgIpc) is 2.09. The first-order valence-corrected chi connectivity index (χ1v) is 4.17. The molecule has 0 aliphatic rings. The van der Waals surface area contributed by atoms with Crippen LogP contribution in [0, 0.1) is 6.92 Å². The maximum absolute atomic E-state index is 10.1. The molecule has 0 N–H and O–H groups in total. The maximum Gasteiger partial charge on any atom is 0.240 e. The lowest BCUT2D eigenvalue weighted by molar-refractivity contribution is 0.565. The molecule has 0 saturated heterocycles. The molecule has 0 saturated carbocycles. The maximum atomic E-state index is 10.1. The molecule has 1 aromatic rings. The summed E-state index contributed by atoms with van der Waals surface area (Å²) in [5.74, 6) is 0.576. The summed E-state index contributed by atoms with van der Waals surface area (Å²) < 4.78 is 0. The van der Waals surface area contributed by atoms with Crippen LogP contribution in [0.3, 0.4) is 0 Å². The third-order valence-electron chi connectivity index (χ3n) is 1.52. The largest absolute Gasteiger partial charge is 0.240 e. The molecule has 68 valence electrons. The minimum atomic E-state index is 0.202. The van der Waals surface area contributed by atoms with E-state index in [0.717, 1.165) is 0 Å². The van der Waals surface area contributed by atoms with Gasteiger partial charge in [0.25, 0.3) is 0 Å². The van der Waals surface area contributed by atoms with Gasteiger partial charge in [-0.05, 0) is 13.3 Å². The SMILES string of the molecule is CCc1nc(C)nc(Cl)c1N=C=O. The van der Waals surface area contributed by atoms with Crippen LogP contribution in [0.15, 0.2) is 4.99 Å². The van der Waals surface area contributed by atoms with Gasteiger partial charge >= 0.3 is 0 Å². The Labute approximate surface area is 80.7 Å². The van der Waals surface area contributed by atoms with Crippen molar-refractivity contribution in [3.05, 3.63) is 16.7 Å². The fourth-order valence-corrected chi connectivity index (χ4v) is 1.26. The van der Waals surface area contributed by atoms with E-state index in [1.807, 2.05) is 6.92 Å². The number of halogens is 1. The number of nitrogens with zero attached hydrogens (tertiary/aromatic N) is 3. The number of isocyanates is 1. The van der Waals surface area contributed by atoms with Crippen molar-refractivity contribution < 1.29 is 4.79 Å². The zero-order valence-electron chi connectivity index (χ0n) is 7.33. The molecule has 5 heteroatoms. The number of rotatable bonds is 2. The van der Waals surface area contributed by atoms with Gasteiger partial charge in [-0.15, -0.1) is 0 Å². The van der Waals surface area contributed by atoms with Crippen LogP contribution in [0.5, 0.6) is 0 Å². The van der Waals surface area contributed by atoms with Gasteiger partial charge in [-0.25, -0.2) is 14.8 Å². The Kier molecular flexibility index (Phi) is 3.12. The van der Waals surface area contributed by atoms with Crippen molar-refractivity contribution >= 4 is 23.4 Å². The summed E-state index contributed by atoms with van der Waals surface area (Å²) in [5.41, 5.74) is 0.991. The Morgan fingerprint density at radius 2 is 2.23 bits per heavy atom. The summed E-state index contributed by atoms with van der Waals surface area (Å²) in [6.45, 7) is 3.64. The number of aliphatic imine (C=N–C) groups is 1. The third kappa shape index (κ3) is 2.11. The van der Waals surface area contributed by atoms with Crippen molar-refractivity contribution in [2.75, 3.05) is 0 Å². The number of hydrogen-bond donors (Lipinski definition) is 0. The molecule has 0 aromatic carbocycles. The van der Waals surface area contributed by atoms with Crippen LogP contribution in [0.4, 0.5) is 5.69 Å². The molecule has 0 bridgehead atoms. The smallest absolute Gasteiger partial charge is 0.236 e. The van der Waals surface area contributed by atoms with Crippen LogP contribution in [0.2, 0.25) is 5.15 Å². The van der Waals surface area contributed by atoms with Gasteiger partial charge in [0.05, 0.1) is 5.69 Å². The van der Waals surface area contributed by atoms with Crippen molar-refractivity contribution in [2.24, 2.45) is 4.99 Å². The highest BCUT2D eigenvalue weighted by atomic mass is 35.5. The molecule has 0 amide bonds. The third-order valence-corrected chi connectivity index (χ3v) is 1.78. The first-order chi connectivity index (χ1) is 6.19. The van der Waals surface area contributed by atoms with Gasteiger partial charge in [0.15, 0.2) is 5.15 Å². The predicted octanol–water partition coefficient (Wildman–Crippen LogP) is 1.97. The van der Waals surface area contributed by atoms with Crippen LogP contribution < -0.4 is 0 Å². The summed E-state index contributed by atoms with van der Waals surface area (Å²) >= 11 is 5.77. The van der Waals surface area contributed by atoms with Crippen LogP contribution in [0.25, 0.3) is 0 Å². The summed E-state index contributed by atoms with van der Waals surface area (Å²) in [6, 6.07) is 0. The molecule has 0 aliphatic carbocycles. The van der Waals surface area contributed by atoms with E-state index < -0.39 is 0 Å². The highest BCUT2D eigenvalue weighted by Gasteiger charge is 2.08. The summed E-state index contributed by atoms with van der Waals surface area (Å²) in [5, 5.41) is 0.202. The number of aromatic nitrogens is 2. The molecular weight excluding hydrogens is 190 g/mol. The highest BCUT2D eigenvalue weighted by molar-refractivity contribution is 6.31. The second-order valence-corrected chi connectivity index (χ2v) is 2.77. The normalized spacial score (nSPS) is 9.46. The highest BCUT2D eigenvalue weighted by Crippen LogP contribution is 2.25. The van der Waals surface area contributed by atoms with E-state index in [1.54, 1.807) is 6.92 Å².